The van der Waals surface area contributed by atoms with Crippen molar-refractivity contribution in [3.63, 3.8) is 0 Å². The Morgan fingerprint density at radius 2 is 1.93 bits per heavy atom. The largest absolute Gasteiger partial charge is 0.547 e. The Balaban J connectivity index is 1.75. The van der Waals surface area contributed by atoms with E-state index < -0.39 is 19.0 Å². The molecule has 0 fully saturated rings. The predicted molar refractivity (Wildman–Crippen MR) is 104 cm³/mol. The number of carbonyl (C=O) groups excluding carboxylic acids is 1. The van der Waals surface area contributed by atoms with Crippen LogP contribution in [-0.4, -0.2) is 48.2 Å². The van der Waals surface area contributed by atoms with Gasteiger partial charge in [-0.15, -0.1) is 0 Å². The zero-order valence-electron chi connectivity index (χ0n) is 15.2. The van der Waals surface area contributed by atoms with Gasteiger partial charge in [-0.3, -0.25) is 4.79 Å². The monoisotopic (exact) mass is 383 g/mol. The predicted octanol–water partition coefficient (Wildman–Crippen LogP) is 0.186. The molecule has 28 heavy (non-hydrogen) atoms. The second kappa shape index (κ2) is 8.88. The van der Waals surface area contributed by atoms with Gasteiger partial charge in [-0.2, -0.15) is 0 Å². The molecule has 0 saturated heterocycles. The highest BCUT2D eigenvalue weighted by atomic mass is 16.5. The first-order valence-electron chi connectivity index (χ1n) is 9.00. The smallest absolute Gasteiger partial charge is 0.534 e. The van der Waals surface area contributed by atoms with E-state index in [4.69, 9.17) is 10.4 Å². The van der Waals surface area contributed by atoms with Crippen molar-refractivity contribution in [2.45, 2.75) is 18.9 Å². The summed E-state index contributed by atoms with van der Waals surface area (Å²) in [6.07, 6.45) is 0.261. The number of benzene rings is 2. The van der Waals surface area contributed by atoms with Gasteiger partial charge in [-0.25, -0.2) is 4.79 Å². The van der Waals surface area contributed by atoms with Crippen LogP contribution >= 0.6 is 0 Å². The summed E-state index contributed by atoms with van der Waals surface area (Å²) in [4.78, 5) is 24.1. The molecule has 1 aliphatic heterocycles. The molecule has 2 aromatic carbocycles. The van der Waals surface area contributed by atoms with Gasteiger partial charge in [0.15, 0.2) is 0 Å². The number of carboxylic acid groups (broad SMARTS) is 1. The fraction of sp³-hybridized carbons (Fsp3) is 0.263. The molecule has 0 aliphatic carbocycles. The minimum Gasteiger partial charge on any atom is -0.534 e. The summed E-state index contributed by atoms with van der Waals surface area (Å²) in [6, 6.07) is 11.9. The Hall–Kier alpha value is -2.88. The van der Waals surface area contributed by atoms with E-state index in [1.54, 1.807) is 24.3 Å². The van der Waals surface area contributed by atoms with Gasteiger partial charge in [0.25, 0.3) is 5.91 Å². The van der Waals surface area contributed by atoms with Crippen molar-refractivity contribution in [2.75, 3.05) is 13.1 Å². The average Bonchev–Trinajstić information content (AvgIpc) is 2.68. The van der Waals surface area contributed by atoms with Crippen molar-refractivity contribution in [2.24, 2.45) is 5.73 Å². The Morgan fingerprint density at radius 3 is 2.68 bits per heavy atom. The van der Waals surface area contributed by atoms with Crippen LogP contribution in [0.1, 0.15) is 31.8 Å². The molecule has 9 heteroatoms. The molecule has 2 aromatic rings. The summed E-state index contributed by atoms with van der Waals surface area (Å²) in [5.74, 6) is -2.03. The van der Waals surface area contributed by atoms with E-state index in [9.17, 15) is 19.7 Å². The van der Waals surface area contributed by atoms with E-state index in [2.05, 4.69) is 10.6 Å². The van der Waals surface area contributed by atoms with E-state index in [-0.39, 0.29) is 23.6 Å². The van der Waals surface area contributed by atoms with E-state index in [0.717, 1.165) is 5.56 Å². The van der Waals surface area contributed by atoms with Crippen molar-refractivity contribution in [3.05, 3.63) is 64.7 Å². The van der Waals surface area contributed by atoms with Crippen LogP contribution in [0.15, 0.2) is 42.5 Å². The van der Waals surface area contributed by atoms with Gasteiger partial charge in [0.1, 0.15) is 5.75 Å². The number of amides is 1. The summed E-state index contributed by atoms with van der Waals surface area (Å²) in [6.45, 7) is 1.63. The van der Waals surface area contributed by atoms with Crippen molar-refractivity contribution in [3.8, 4) is 5.75 Å². The molecule has 6 N–H and O–H groups in total. The standard InChI is InChI=1S/C19H22BN3O5/c21-8-9-22-11-13-4-1-2-6-14(13)18(24)23-16-10-12-5-3-7-15(19(25)26)17(12)28-20(16)27/h1-7,16,22,27H,8-11,21H2,(H,23,24)(H,25,26). The number of para-hydroxylation sites is 1. The summed E-state index contributed by atoms with van der Waals surface area (Å²) < 4.78 is 5.42. The number of hydrogen-bond donors (Lipinski definition) is 5. The van der Waals surface area contributed by atoms with Gasteiger partial charge in [0.2, 0.25) is 0 Å². The second-order valence-corrected chi connectivity index (χ2v) is 6.51. The third kappa shape index (κ3) is 4.33. The first kappa shape index (κ1) is 19.9. The number of carbonyl (C=O) groups is 2. The van der Waals surface area contributed by atoms with Crippen LogP contribution in [0.5, 0.6) is 5.75 Å². The van der Waals surface area contributed by atoms with Gasteiger partial charge in [0, 0.05) is 25.2 Å². The highest BCUT2D eigenvalue weighted by molar-refractivity contribution is 6.47. The van der Waals surface area contributed by atoms with Gasteiger partial charge >= 0.3 is 13.1 Å². The maximum atomic E-state index is 12.8. The Labute approximate surface area is 162 Å². The topological polar surface area (TPSA) is 134 Å². The van der Waals surface area contributed by atoms with E-state index in [0.29, 0.717) is 30.8 Å². The molecule has 1 aliphatic rings. The Morgan fingerprint density at radius 1 is 1.18 bits per heavy atom. The first-order valence-corrected chi connectivity index (χ1v) is 9.00. The lowest BCUT2D eigenvalue weighted by Crippen LogP contribution is -2.53. The summed E-state index contributed by atoms with van der Waals surface area (Å²) in [5, 5.41) is 25.5. The second-order valence-electron chi connectivity index (χ2n) is 6.51. The molecule has 1 amide bonds. The molecule has 1 unspecified atom stereocenters. The maximum Gasteiger partial charge on any atom is 0.547 e. The quantitative estimate of drug-likeness (QED) is 0.340. The molecule has 1 atom stereocenters. The van der Waals surface area contributed by atoms with E-state index in [1.165, 1.54) is 6.07 Å². The Kier molecular flexibility index (Phi) is 6.30. The fourth-order valence-electron chi connectivity index (χ4n) is 3.18. The van der Waals surface area contributed by atoms with Crippen LogP contribution in [0.2, 0.25) is 0 Å². The number of nitrogens with two attached hydrogens (primary N) is 1. The van der Waals surface area contributed by atoms with E-state index in [1.807, 2.05) is 12.1 Å². The number of hydrogen-bond acceptors (Lipinski definition) is 6. The molecule has 3 rings (SSSR count). The van der Waals surface area contributed by atoms with Crippen LogP contribution in [0.4, 0.5) is 0 Å². The molecule has 0 bridgehead atoms. The van der Waals surface area contributed by atoms with Gasteiger partial charge in [-0.05, 0) is 29.7 Å². The molecular weight excluding hydrogens is 361 g/mol. The van der Waals surface area contributed by atoms with E-state index >= 15 is 0 Å². The molecule has 8 nitrogen and oxygen atoms in total. The minimum atomic E-state index is -1.35. The van der Waals surface area contributed by atoms with Gasteiger partial charge < -0.3 is 31.2 Å². The summed E-state index contributed by atoms with van der Waals surface area (Å²) in [7, 11) is -1.35. The number of nitrogens with one attached hydrogen (secondary N) is 2. The minimum absolute atomic E-state index is 0.0161. The fourth-order valence-corrected chi connectivity index (χ4v) is 3.18. The van der Waals surface area contributed by atoms with Crippen molar-refractivity contribution in [1.29, 1.82) is 0 Å². The van der Waals surface area contributed by atoms with Crippen molar-refractivity contribution < 1.29 is 24.4 Å². The molecule has 1 heterocycles. The third-order valence-corrected chi connectivity index (χ3v) is 4.56. The van der Waals surface area contributed by atoms with Crippen LogP contribution in [0.25, 0.3) is 0 Å². The SMILES string of the molecule is NCCNCc1ccccc1C(=O)NC1Cc2cccc(C(=O)O)c2OB1O. The number of aromatic carboxylic acids is 1. The molecule has 0 spiro atoms. The summed E-state index contributed by atoms with van der Waals surface area (Å²) >= 11 is 0. The van der Waals surface area contributed by atoms with Crippen LogP contribution in [0, 0.1) is 0 Å². The number of fused-ring (bicyclic) bond motifs is 1. The van der Waals surface area contributed by atoms with Crippen molar-refractivity contribution in [1.82, 2.24) is 10.6 Å². The van der Waals surface area contributed by atoms with Gasteiger partial charge in [0.05, 0.1) is 11.5 Å². The molecule has 0 saturated carbocycles. The highest BCUT2D eigenvalue weighted by Crippen LogP contribution is 2.30. The lowest BCUT2D eigenvalue weighted by molar-refractivity contribution is 0.0693. The third-order valence-electron chi connectivity index (χ3n) is 4.56. The lowest BCUT2D eigenvalue weighted by Gasteiger charge is -2.29. The average molecular weight is 383 g/mol. The zero-order valence-corrected chi connectivity index (χ0v) is 15.2. The van der Waals surface area contributed by atoms with Crippen molar-refractivity contribution >= 4 is 19.0 Å². The molecule has 0 aromatic heterocycles. The highest BCUT2D eigenvalue weighted by Gasteiger charge is 2.38. The zero-order chi connectivity index (χ0) is 20.1. The molecular formula is C19H22BN3O5. The summed E-state index contributed by atoms with van der Waals surface area (Å²) in [5.41, 5.74) is 7.38. The molecule has 146 valence electrons. The Bertz CT molecular complexity index is 876. The molecule has 0 radical (unpaired) electrons. The normalized spacial score (nSPS) is 15.5. The van der Waals surface area contributed by atoms with Gasteiger partial charge in [-0.1, -0.05) is 30.3 Å². The van der Waals surface area contributed by atoms with Crippen LogP contribution in [-0.2, 0) is 13.0 Å². The first-order chi connectivity index (χ1) is 13.5. The van der Waals surface area contributed by atoms with Crippen LogP contribution in [0.3, 0.4) is 0 Å². The number of rotatable bonds is 7. The number of carboxylic acids is 1. The van der Waals surface area contributed by atoms with Crippen LogP contribution < -0.4 is 21.0 Å². The maximum absolute atomic E-state index is 12.8. The lowest BCUT2D eigenvalue weighted by atomic mass is 9.72.